The summed E-state index contributed by atoms with van der Waals surface area (Å²) in [5.41, 5.74) is 0.809. The Balaban J connectivity index is 2.87. The van der Waals surface area contributed by atoms with Gasteiger partial charge < -0.3 is 14.8 Å². The highest BCUT2D eigenvalue weighted by Gasteiger charge is 2.01. The monoisotopic (exact) mass is 243 g/mol. The van der Waals surface area contributed by atoms with Crippen LogP contribution >= 0.6 is 15.9 Å². The third kappa shape index (κ3) is 2.73. The molecule has 0 spiro atoms. The molecule has 0 radical (unpaired) electrons. The SMILES string of the molecule is COc1ccc(Br)cc1NCC=O. The molecule has 0 aliphatic carbocycles. The summed E-state index contributed by atoms with van der Waals surface area (Å²) in [6, 6.07) is 5.57. The number of rotatable bonds is 4. The Bertz CT molecular complexity index is 302. The van der Waals surface area contributed by atoms with Crippen molar-refractivity contribution in [3.8, 4) is 5.75 Å². The first kappa shape index (κ1) is 10.1. The summed E-state index contributed by atoms with van der Waals surface area (Å²) in [7, 11) is 1.59. The van der Waals surface area contributed by atoms with Crippen molar-refractivity contribution in [2.24, 2.45) is 0 Å². The molecule has 0 amide bonds. The third-order valence-corrected chi connectivity index (χ3v) is 2.03. The molecule has 1 rings (SSSR count). The highest BCUT2D eigenvalue weighted by molar-refractivity contribution is 9.10. The van der Waals surface area contributed by atoms with E-state index in [2.05, 4.69) is 21.2 Å². The lowest BCUT2D eigenvalue weighted by molar-refractivity contribution is -0.106. The van der Waals surface area contributed by atoms with Gasteiger partial charge >= 0.3 is 0 Å². The number of carbonyl (C=O) groups excluding carboxylic acids is 1. The Hall–Kier alpha value is -1.03. The standard InChI is InChI=1S/C9H10BrNO2/c1-13-9-3-2-7(10)6-8(9)11-4-5-12/h2-3,5-6,11H,4H2,1H3. The van der Waals surface area contributed by atoms with E-state index < -0.39 is 0 Å². The van der Waals surface area contributed by atoms with Crippen LogP contribution in [0, 0.1) is 0 Å². The number of benzene rings is 1. The Labute approximate surface area is 85.2 Å². The highest BCUT2D eigenvalue weighted by Crippen LogP contribution is 2.27. The number of anilines is 1. The van der Waals surface area contributed by atoms with Gasteiger partial charge in [-0.05, 0) is 18.2 Å². The first-order valence-electron chi connectivity index (χ1n) is 3.79. The smallest absolute Gasteiger partial charge is 0.142 e. The highest BCUT2D eigenvalue weighted by atomic mass is 79.9. The number of aldehydes is 1. The number of ether oxygens (including phenoxy) is 1. The molecular weight excluding hydrogens is 234 g/mol. The molecule has 0 aliphatic rings. The molecule has 1 N–H and O–H groups in total. The van der Waals surface area contributed by atoms with Crippen LogP contribution in [0.2, 0.25) is 0 Å². The van der Waals surface area contributed by atoms with Crippen molar-refractivity contribution in [3.63, 3.8) is 0 Å². The summed E-state index contributed by atoms with van der Waals surface area (Å²) in [5.74, 6) is 0.727. The van der Waals surface area contributed by atoms with Crippen molar-refractivity contribution in [2.45, 2.75) is 0 Å². The first-order chi connectivity index (χ1) is 6.27. The zero-order valence-corrected chi connectivity index (χ0v) is 8.80. The number of halogens is 1. The molecule has 1 aromatic rings. The lowest BCUT2D eigenvalue weighted by Crippen LogP contribution is -2.03. The largest absolute Gasteiger partial charge is 0.495 e. The minimum Gasteiger partial charge on any atom is -0.495 e. The van der Waals surface area contributed by atoms with E-state index in [1.54, 1.807) is 7.11 Å². The van der Waals surface area contributed by atoms with Crippen LogP contribution in [0.4, 0.5) is 5.69 Å². The van der Waals surface area contributed by atoms with Crippen LogP contribution in [0.3, 0.4) is 0 Å². The number of carbonyl (C=O) groups is 1. The Morgan fingerprint density at radius 2 is 2.38 bits per heavy atom. The molecule has 0 heterocycles. The summed E-state index contributed by atoms with van der Waals surface area (Å²) in [6.45, 7) is 0.285. The molecule has 3 nitrogen and oxygen atoms in total. The molecule has 0 fully saturated rings. The first-order valence-corrected chi connectivity index (χ1v) is 4.58. The molecule has 0 atom stereocenters. The van der Waals surface area contributed by atoms with Crippen LogP contribution in [0.1, 0.15) is 0 Å². The van der Waals surface area contributed by atoms with E-state index in [0.29, 0.717) is 0 Å². The van der Waals surface area contributed by atoms with Gasteiger partial charge in [-0.25, -0.2) is 0 Å². The van der Waals surface area contributed by atoms with Crippen LogP contribution in [0.25, 0.3) is 0 Å². The van der Waals surface area contributed by atoms with Gasteiger partial charge in [0.2, 0.25) is 0 Å². The number of methoxy groups -OCH3 is 1. The molecule has 0 saturated carbocycles. The fraction of sp³-hybridized carbons (Fsp3) is 0.222. The summed E-state index contributed by atoms with van der Waals surface area (Å²) >= 11 is 3.33. The topological polar surface area (TPSA) is 38.3 Å². The quantitative estimate of drug-likeness (QED) is 0.824. The maximum absolute atomic E-state index is 10.1. The normalized spacial score (nSPS) is 9.38. The van der Waals surface area contributed by atoms with Crippen LogP contribution in [0.5, 0.6) is 5.75 Å². The second-order valence-corrected chi connectivity index (χ2v) is 3.31. The van der Waals surface area contributed by atoms with E-state index in [1.807, 2.05) is 18.2 Å². The molecule has 0 unspecified atom stereocenters. The molecule has 0 aromatic heterocycles. The van der Waals surface area contributed by atoms with Gasteiger partial charge in [-0.1, -0.05) is 15.9 Å². The fourth-order valence-corrected chi connectivity index (χ4v) is 1.33. The van der Waals surface area contributed by atoms with Gasteiger partial charge in [0.05, 0.1) is 19.3 Å². The molecule has 0 aliphatic heterocycles. The number of nitrogens with one attached hydrogen (secondary N) is 1. The maximum Gasteiger partial charge on any atom is 0.142 e. The minimum atomic E-state index is 0.285. The van der Waals surface area contributed by atoms with E-state index in [1.165, 1.54) is 0 Å². The average molecular weight is 244 g/mol. The van der Waals surface area contributed by atoms with E-state index in [4.69, 9.17) is 4.74 Å². The minimum absolute atomic E-state index is 0.285. The Morgan fingerprint density at radius 1 is 1.62 bits per heavy atom. The molecule has 0 saturated heterocycles. The summed E-state index contributed by atoms with van der Waals surface area (Å²) in [5, 5.41) is 2.93. The molecule has 0 bridgehead atoms. The zero-order chi connectivity index (χ0) is 9.68. The van der Waals surface area contributed by atoms with Crippen molar-refractivity contribution in [1.29, 1.82) is 0 Å². The summed E-state index contributed by atoms with van der Waals surface area (Å²) in [6.07, 6.45) is 0.806. The van der Waals surface area contributed by atoms with Crippen molar-refractivity contribution < 1.29 is 9.53 Å². The molecule has 13 heavy (non-hydrogen) atoms. The van der Waals surface area contributed by atoms with Crippen molar-refractivity contribution >= 4 is 27.9 Å². The van der Waals surface area contributed by atoms with Gasteiger partial charge in [0.25, 0.3) is 0 Å². The molecule has 70 valence electrons. The van der Waals surface area contributed by atoms with Gasteiger partial charge in [0.15, 0.2) is 0 Å². The van der Waals surface area contributed by atoms with Crippen LogP contribution in [-0.4, -0.2) is 19.9 Å². The summed E-state index contributed by atoms with van der Waals surface area (Å²) < 4.78 is 6.04. The lowest BCUT2D eigenvalue weighted by atomic mass is 10.3. The second kappa shape index (κ2) is 4.87. The van der Waals surface area contributed by atoms with Crippen LogP contribution < -0.4 is 10.1 Å². The van der Waals surface area contributed by atoms with Crippen molar-refractivity contribution in [3.05, 3.63) is 22.7 Å². The van der Waals surface area contributed by atoms with Gasteiger partial charge in [-0.3, -0.25) is 0 Å². The van der Waals surface area contributed by atoms with Gasteiger partial charge in [-0.2, -0.15) is 0 Å². The zero-order valence-electron chi connectivity index (χ0n) is 7.21. The van der Waals surface area contributed by atoms with E-state index in [0.717, 1.165) is 22.2 Å². The average Bonchev–Trinajstić information content (AvgIpc) is 2.15. The molecule has 1 aromatic carbocycles. The Kier molecular flexibility index (Phi) is 3.76. The van der Waals surface area contributed by atoms with Gasteiger partial charge in [-0.15, -0.1) is 0 Å². The van der Waals surface area contributed by atoms with E-state index >= 15 is 0 Å². The van der Waals surface area contributed by atoms with Crippen LogP contribution in [-0.2, 0) is 4.79 Å². The third-order valence-electron chi connectivity index (χ3n) is 1.54. The lowest BCUT2D eigenvalue weighted by Gasteiger charge is -2.08. The predicted molar refractivity (Wildman–Crippen MR) is 55.2 cm³/mol. The number of hydrogen-bond donors (Lipinski definition) is 1. The van der Waals surface area contributed by atoms with Crippen LogP contribution in [0.15, 0.2) is 22.7 Å². The molecular formula is C9H10BrNO2. The van der Waals surface area contributed by atoms with E-state index in [-0.39, 0.29) is 6.54 Å². The number of hydrogen-bond acceptors (Lipinski definition) is 3. The van der Waals surface area contributed by atoms with Gasteiger partial charge in [0, 0.05) is 4.47 Å². The maximum atomic E-state index is 10.1. The second-order valence-electron chi connectivity index (χ2n) is 2.39. The van der Waals surface area contributed by atoms with E-state index in [9.17, 15) is 4.79 Å². The molecule has 4 heteroatoms. The predicted octanol–water partition coefficient (Wildman–Crippen LogP) is 2.07. The van der Waals surface area contributed by atoms with Gasteiger partial charge in [0.1, 0.15) is 12.0 Å². The fourth-order valence-electron chi connectivity index (χ4n) is 0.970. The summed E-state index contributed by atoms with van der Waals surface area (Å²) in [4.78, 5) is 10.1. The van der Waals surface area contributed by atoms with Crippen molar-refractivity contribution in [2.75, 3.05) is 19.0 Å². The van der Waals surface area contributed by atoms with Crippen molar-refractivity contribution in [1.82, 2.24) is 0 Å². The Morgan fingerprint density at radius 3 is 3.00 bits per heavy atom.